The zero-order valence-corrected chi connectivity index (χ0v) is 11.2. The van der Waals surface area contributed by atoms with Crippen molar-refractivity contribution in [3.05, 3.63) is 24.0 Å². The molecule has 1 aromatic heterocycles. The van der Waals surface area contributed by atoms with Gasteiger partial charge in [0.15, 0.2) is 0 Å². The summed E-state index contributed by atoms with van der Waals surface area (Å²) in [6.45, 7) is 3.69. The van der Waals surface area contributed by atoms with Gasteiger partial charge < -0.3 is 4.57 Å². The van der Waals surface area contributed by atoms with Crippen molar-refractivity contribution < 1.29 is 17.2 Å². The van der Waals surface area contributed by atoms with Gasteiger partial charge in [-0.25, -0.2) is 13.4 Å². The highest BCUT2D eigenvalue weighted by Crippen LogP contribution is 2.16. The van der Waals surface area contributed by atoms with Crippen LogP contribution in [0.1, 0.15) is 26.7 Å². The number of hydrogen-bond acceptors (Lipinski definition) is 3. The lowest BCUT2D eigenvalue weighted by atomic mass is 10.3. The van der Waals surface area contributed by atoms with Crippen LogP contribution in [-0.4, -0.2) is 23.7 Å². The molecular formula is C11H16F2N2O2S. The van der Waals surface area contributed by atoms with Crippen LogP contribution >= 0.6 is 0 Å². The maximum Gasteiger partial charge on any atom is 0.269 e. The Morgan fingerprint density at radius 3 is 2.67 bits per heavy atom. The number of rotatable bonds is 6. The van der Waals surface area contributed by atoms with Gasteiger partial charge in [-0.2, -0.15) is 8.78 Å². The Balaban J connectivity index is 2.87. The molecule has 18 heavy (non-hydrogen) atoms. The van der Waals surface area contributed by atoms with Gasteiger partial charge >= 0.3 is 0 Å². The quantitative estimate of drug-likeness (QED) is 0.803. The van der Waals surface area contributed by atoms with Gasteiger partial charge in [-0.15, -0.1) is 0 Å². The van der Waals surface area contributed by atoms with Crippen molar-refractivity contribution in [3.8, 4) is 0 Å². The third-order valence-corrected chi connectivity index (χ3v) is 4.13. The molecule has 0 saturated carbocycles. The SMILES string of the molecule is CCCn1ccnc1S(=O)(=O)CCC(C)=C(F)F. The van der Waals surface area contributed by atoms with Gasteiger partial charge in [0.05, 0.1) is 5.75 Å². The van der Waals surface area contributed by atoms with E-state index in [9.17, 15) is 17.2 Å². The molecule has 0 aliphatic rings. The van der Waals surface area contributed by atoms with Gasteiger partial charge in [0.2, 0.25) is 15.0 Å². The topological polar surface area (TPSA) is 52.0 Å². The van der Waals surface area contributed by atoms with Crippen LogP contribution in [0.2, 0.25) is 0 Å². The molecule has 0 aromatic carbocycles. The summed E-state index contributed by atoms with van der Waals surface area (Å²) in [7, 11) is -3.61. The molecule has 0 saturated heterocycles. The second-order valence-corrected chi connectivity index (χ2v) is 6.02. The molecule has 0 radical (unpaired) electrons. The Morgan fingerprint density at radius 1 is 1.44 bits per heavy atom. The van der Waals surface area contributed by atoms with Gasteiger partial charge in [0, 0.05) is 18.9 Å². The minimum atomic E-state index is -3.61. The fraction of sp³-hybridized carbons (Fsp3) is 0.545. The zero-order valence-electron chi connectivity index (χ0n) is 10.4. The predicted molar refractivity (Wildman–Crippen MR) is 64.1 cm³/mol. The highest BCUT2D eigenvalue weighted by Gasteiger charge is 2.20. The Hall–Kier alpha value is -1.24. The molecule has 1 heterocycles. The van der Waals surface area contributed by atoms with E-state index in [2.05, 4.69) is 4.98 Å². The predicted octanol–water partition coefficient (Wildman–Crippen LogP) is 2.63. The molecule has 0 aliphatic heterocycles. The molecule has 102 valence electrons. The zero-order chi connectivity index (χ0) is 13.8. The first-order valence-electron chi connectivity index (χ1n) is 5.63. The van der Waals surface area contributed by atoms with Crippen LogP contribution in [0.15, 0.2) is 29.2 Å². The lowest BCUT2D eigenvalue weighted by Crippen LogP contribution is -2.14. The fourth-order valence-corrected chi connectivity index (χ4v) is 2.95. The first-order valence-corrected chi connectivity index (χ1v) is 7.28. The van der Waals surface area contributed by atoms with Crippen LogP contribution in [0, 0.1) is 0 Å². The minimum absolute atomic E-state index is 0.0450. The van der Waals surface area contributed by atoms with Crippen molar-refractivity contribution in [1.29, 1.82) is 0 Å². The van der Waals surface area contributed by atoms with Crippen LogP contribution in [0.25, 0.3) is 0 Å². The summed E-state index contributed by atoms with van der Waals surface area (Å²) >= 11 is 0. The van der Waals surface area contributed by atoms with E-state index in [1.807, 2.05) is 6.92 Å². The first kappa shape index (κ1) is 14.8. The molecule has 0 N–H and O–H groups in total. The van der Waals surface area contributed by atoms with Crippen molar-refractivity contribution in [1.82, 2.24) is 9.55 Å². The third kappa shape index (κ3) is 3.63. The van der Waals surface area contributed by atoms with E-state index in [4.69, 9.17) is 0 Å². The standard InChI is InChI=1S/C11H16F2N2O2S/c1-3-6-15-7-5-14-11(15)18(16,17)8-4-9(2)10(12)13/h5,7H,3-4,6,8H2,1-2H3. The second kappa shape index (κ2) is 6.08. The first-order chi connectivity index (χ1) is 8.38. The summed E-state index contributed by atoms with van der Waals surface area (Å²) in [5, 5.41) is -0.0450. The summed E-state index contributed by atoms with van der Waals surface area (Å²) in [5.41, 5.74) is -0.202. The summed E-state index contributed by atoms with van der Waals surface area (Å²) in [4.78, 5) is 3.80. The largest absolute Gasteiger partial charge is 0.322 e. The van der Waals surface area contributed by atoms with E-state index in [1.165, 1.54) is 17.7 Å². The van der Waals surface area contributed by atoms with Crippen LogP contribution in [0.3, 0.4) is 0 Å². The Kier molecular flexibility index (Phi) is 5.01. The number of sulfone groups is 1. The molecule has 1 rings (SSSR count). The van der Waals surface area contributed by atoms with Gasteiger partial charge in [-0.1, -0.05) is 6.92 Å². The average molecular weight is 278 g/mol. The summed E-state index contributed by atoms with van der Waals surface area (Å²) in [5.74, 6) is -0.350. The van der Waals surface area contributed by atoms with E-state index in [1.54, 1.807) is 6.20 Å². The molecule has 0 amide bonds. The number of nitrogens with zero attached hydrogens (tertiary/aromatic N) is 2. The third-order valence-electron chi connectivity index (χ3n) is 2.49. The molecule has 0 bridgehead atoms. The lowest BCUT2D eigenvalue weighted by molar-refractivity contribution is 0.409. The molecular weight excluding hydrogens is 262 g/mol. The number of imidazole rings is 1. The van der Waals surface area contributed by atoms with Crippen LogP contribution in [0.5, 0.6) is 0 Å². The van der Waals surface area contributed by atoms with Crippen molar-refractivity contribution in [3.63, 3.8) is 0 Å². The van der Waals surface area contributed by atoms with E-state index >= 15 is 0 Å². The van der Waals surface area contributed by atoms with E-state index in [0.29, 0.717) is 6.54 Å². The molecule has 0 atom stereocenters. The highest BCUT2D eigenvalue weighted by atomic mass is 32.2. The summed E-state index contributed by atoms with van der Waals surface area (Å²) < 4.78 is 49.9. The Morgan fingerprint density at radius 2 is 2.11 bits per heavy atom. The highest BCUT2D eigenvalue weighted by molar-refractivity contribution is 7.91. The van der Waals surface area contributed by atoms with Crippen LogP contribution < -0.4 is 0 Å². The molecule has 4 nitrogen and oxygen atoms in total. The van der Waals surface area contributed by atoms with Crippen molar-refractivity contribution in [2.75, 3.05) is 5.75 Å². The van der Waals surface area contributed by atoms with Crippen LogP contribution in [0.4, 0.5) is 8.78 Å². The smallest absolute Gasteiger partial charge is 0.269 e. The van der Waals surface area contributed by atoms with E-state index < -0.39 is 15.9 Å². The summed E-state index contributed by atoms with van der Waals surface area (Å²) in [6, 6.07) is 0. The number of hydrogen-bond donors (Lipinski definition) is 0. The maximum absolute atomic E-state index is 12.2. The van der Waals surface area contributed by atoms with E-state index in [0.717, 1.165) is 6.42 Å². The van der Waals surface area contributed by atoms with Gasteiger partial charge in [0.25, 0.3) is 6.08 Å². The van der Waals surface area contributed by atoms with Gasteiger partial charge in [-0.3, -0.25) is 0 Å². The minimum Gasteiger partial charge on any atom is -0.322 e. The molecule has 0 fully saturated rings. The lowest BCUT2D eigenvalue weighted by Gasteiger charge is -2.07. The molecule has 0 spiro atoms. The Bertz CT molecular complexity index is 531. The number of aromatic nitrogens is 2. The maximum atomic E-state index is 12.2. The monoisotopic (exact) mass is 278 g/mol. The number of allylic oxidation sites excluding steroid dienone is 1. The molecule has 1 aromatic rings. The number of halogens is 2. The van der Waals surface area contributed by atoms with Gasteiger partial charge in [-0.05, 0) is 25.3 Å². The number of aryl methyl sites for hydroxylation is 1. The molecule has 0 aliphatic carbocycles. The normalized spacial score (nSPS) is 11.6. The fourth-order valence-electron chi connectivity index (χ4n) is 1.46. The average Bonchev–Trinajstić information content (AvgIpc) is 2.75. The second-order valence-electron chi connectivity index (χ2n) is 4.01. The van der Waals surface area contributed by atoms with Crippen LogP contribution in [-0.2, 0) is 16.4 Å². The summed E-state index contributed by atoms with van der Waals surface area (Å²) in [6.07, 6.45) is 1.76. The van der Waals surface area contributed by atoms with Crippen molar-refractivity contribution >= 4 is 9.84 Å². The molecule has 0 unspecified atom stereocenters. The molecule has 7 heteroatoms. The van der Waals surface area contributed by atoms with Crippen molar-refractivity contribution in [2.45, 2.75) is 38.4 Å². The Labute approximate surface area is 105 Å². The van der Waals surface area contributed by atoms with Crippen molar-refractivity contribution in [2.24, 2.45) is 0 Å². The van der Waals surface area contributed by atoms with Gasteiger partial charge in [0.1, 0.15) is 0 Å². The van der Waals surface area contributed by atoms with E-state index in [-0.39, 0.29) is 22.9 Å².